The van der Waals surface area contributed by atoms with Gasteiger partial charge in [-0.05, 0) is 106 Å². The lowest BCUT2D eigenvalue weighted by atomic mass is 9.89. The van der Waals surface area contributed by atoms with Gasteiger partial charge in [-0.25, -0.2) is 4.39 Å². The Labute approximate surface area is 267 Å². The Bertz CT molecular complexity index is 1640. The highest BCUT2D eigenvalue weighted by Crippen LogP contribution is 2.40. The minimum absolute atomic E-state index is 0.0439. The number of carboxylic acids is 1. The van der Waals surface area contributed by atoms with E-state index in [1.54, 1.807) is 39.1 Å². The van der Waals surface area contributed by atoms with Gasteiger partial charge in [0.1, 0.15) is 11.9 Å². The lowest BCUT2D eigenvalue weighted by Crippen LogP contribution is -2.40. The highest BCUT2D eigenvalue weighted by Gasteiger charge is 2.38. The lowest BCUT2D eigenvalue weighted by Gasteiger charge is -2.27. The molecule has 0 aliphatic rings. The van der Waals surface area contributed by atoms with Gasteiger partial charge in [-0.2, -0.15) is 13.2 Å². The summed E-state index contributed by atoms with van der Waals surface area (Å²) in [6.45, 7) is 11.5. The third-order valence-corrected chi connectivity index (χ3v) is 8.00. The predicted molar refractivity (Wildman–Crippen MR) is 170 cm³/mol. The van der Waals surface area contributed by atoms with Gasteiger partial charge in [0.05, 0.1) is 18.0 Å². The number of aryl methyl sites for hydroxylation is 4. The monoisotopic (exact) mass is 645 g/mol. The molecule has 1 heterocycles. The Balaban J connectivity index is 2.20. The summed E-state index contributed by atoms with van der Waals surface area (Å²) < 4.78 is 59.7. The number of likely N-dealkylation sites (N-methyl/N-ethyl adjacent to an activating group) is 1. The molecule has 250 valence electrons. The molecule has 0 fully saturated rings. The number of carboxylic acid groups (broad SMARTS) is 1. The second-order valence-electron chi connectivity index (χ2n) is 12.8. The standard InChI is InChI=1S/C35H43F4N3O4/c1-19(2)11-29(42-18-24(9-10-41(7)8)21(4)14-30(42)43)34(46)40-28(17-31(44)45)26-15-25(16-27(33(26)36)35(37,38)39)32-22(5)12-20(3)13-23(32)6/h12-16,18-19,28-29H,9-11,17H2,1-8H3,(H,40,46)(H,44,45)/t28-,29?/m0/s1. The molecule has 0 radical (unpaired) electrons. The van der Waals surface area contributed by atoms with Gasteiger partial charge in [-0.1, -0.05) is 31.5 Å². The van der Waals surface area contributed by atoms with Crippen LogP contribution >= 0.6 is 0 Å². The van der Waals surface area contributed by atoms with E-state index >= 15 is 4.39 Å². The molecule has 0 aliphatic carbocycles. The van der Waals surface area contributed by atoms with Crippen molar-refractivity contribution >= 4 is 11.9 Å². The molecule has 2 atom stereocenters. The van der Waals surface area contributed by atoms with E-state index in [4.69, 9.17) is 0 Å². The lowest BCUT2D eigenvalue weighted by molar-refractivity contribution is -0.140. The number of pyridine rings is 1. The number of hydrogen-bond donors (Lipinski definition) is 2. The number of amides is 1. The molecule has 3 aromatic rings. The van der Waals surface area contributed by atoms with Gasteiger partial charge in [0.15, 0.2) is 0 Å². The number of hydrogen-bond acceptors (Lipinski definition) is 4. The van der Waals surface area contributed by atoms with Gasteiger partial charge in [-0.15, -0.1) is 0 Å². The molecule has 7 nitrogen and oxygen atoms in total. The molecule has 1 aromatic heterocycles. The first-order chi connectivity index (χ1) is 21.3. The van der Waals surface area contributed by atoms with Gasteiger partial charge in [0, 0.05) is 24.4 Å². The summed E-state index contributed by atoms with van der Waals surface area (Å²) in [5.74, 6) is -4.02. The van der Waals surface area contributed by atoms with Crippen LogP contribution in [0.25, 0.3) is 11.1 Å². The second kappa shape index (κ2) is 14.6. The first kappa shape index (κ1) is 36.5. The van der Waals surface area contributed by atoms with E-state index in [2.05, 4.69) is 5.32 Å². The largest absolute Gasteiger partial charge is 0.481 e. The van der Waals surface area contributed by atoms with Gasteiger partial charge in [0.2, 0.25) is 5.91 Å². The third kappa shape index (κ3) is 8.84. The van der Waals surface area contributed by atoms with Gasteiger partial charge < -0.3 is 19.9 Å². The fourth-order valence-electron chi connectivity index (χ4n) is 5.90. The van der Waals surface area contributed by atoms with Crippen molar-refractivity contribution in [3.8, 4) is 11.1 Å². The van der Waals surface area contributed by atoms with E-state index in [1.807, 2.05) is 39.8 Å². The maximum atomic E-state index is 15.8. The molecule has 2 N–H and O–H groups in total. The minimum Gasteiger partial charge on any atom is -0.481 e. The minimum atomic E-state index is -5.10. The average molecular weight is 646 g/mol. The number of nitrogens with zero attached hydrogens (tertiary/aromatic N) is 2. The second-order valence-corrected chi connectivity index (χ2v) is 12.8. The number of halogens is 4. The normalized spacial score (nSPS) is 13.3. The first-order valence-corrected chi connectivity index (χ1v) is 15.2. The third-order valence-electron chi connectivity index (χ3n) is 8.00. The summed E-state index contributed by atoms with van der Waals surface area (Å²) in [6.07, 6.45) is -3.63. The van der Waals surface area contributed by atoms with Gasteiger partial charge in [0.25, 0.3) is 5.56 Å². The van der Waals surface area contributed by atoms with Crippen LogP contribution in [0.5, 0.6) is 0 Å². The SMILES string of the molecule is Cc1cc(C)c(-c2cc([C@H](CC(=O)O)NC(=O)C(CC(C)C)n3cc(CCN(C)C)c(C)cc3=O)c(F)c(C(F)(F)F)c2)c(C)c1. The van der Waals surface area contributed by atoms with E-state index in [9.17, 15) is 32.7 Å². The van der Waals surface area contributed by atoms with Gasteiger partial charge in [-0.3, -0.25) is 14.4 Å². The fraction of sp³-hybridized carbons (Fsp3) is 0.457. The maximum Gasteiger partial charge on any atom is 0.419 e. The number of carbonyl (C=O) groups excluding carboxylic acids is 1. The molecule has 0 saturated heterocycles. The molecule has 1 unspecified atom stereocenters. The van der Waals surface area contributed by atoms with Crippen molar-refractivity contribution in [2.45, 2.75) is 79.1 Å². The molecule has 3 rings (SSSR count). The molecule has 0 bridgehead atoms. The number of alkyl halides is 3. The van der Waals surface area contributed by atoms with Crippen LogP contribution in [-0.4, -0.2) is 47.1 Å². The topological polar surface area (TPSA) is 91.6 Å². The smallest absolute Gasteiger partial charge is 0.419 e. The molecule has 0 spiro atoms. The molecule has 0 saturated carbocycles. The zero-order valence-electron chi connectivity index (χ0n) is 27.6. The number of nitrogens with one attached hydrogen (secondary N) is 1. The summed E-state index contributed by atoms with van der Waals surface area (Å²) in [5.41, 5.74) is 1.64. The summed E-state index contributed by atoms with van der Waals surface area (Å²) in [4.78, 5) is 41.1. The van der Waals surface area contributed by atoms with Crippen LogP contribution in [0.3, 0.4) is 0 Å². The van der Waals surface area contributed by atoms with Gasteiger partial charge >= 0.3 is 12.1 Å². The first-order valence-electron chi connectivity index (χ1n) is 15.2. The quantitative estimate of drug-likeness (QED) is 0.209. The van der Waals surface area contributed by atoms with E-state index in [1.165, 1.54) is 16.7 Å². The van der Waals surface area contributed by atoms with Crippen molar-refractivity contribution in [2.75, 3.05) is 20.6 Å². The fourth-order valence-corrected chi connectivity index (χ4v) is 5.90. The van der Waals surface area contributed by atoms with Crippen molar-refractivity contribution in [2.24, 2.45) is 5.92 Å². The van der Waals surface area contributed by atoms with Crippen molar-refractivity contribution in [1.82, 2.24) is 14.8 Å². The van der Waals surface area contributed by atoms with E-state index in [0.29, 0.717) is 35.7 Å². The van der Waals surface area contributed by atoms with Crippen LogP contribution in [0, 0.1) is 39.4 Å². The highest BCUT2D eigenvalue weighted by atomic mass is 19.4. The van der Waals surface area contributed by atoms with Crippen molar-refractivity contribution in [1.29, 1.82) is 0 Å². The summed E-state index contributed by atoms with van der Waals surface area (Å²) >= 11 is 0. The molecule has 46 heavy (non-hydrogen) atoms. The number of rotatable bonds is 12. The summed E-state index contributed by atoms with van der Waals surface area (Å²) in [5, 5.41) is 12.3. The van der Waals surface area contributed by atoms with Crippen molar-refractivity contribution in [3.05, 3.63) is 91.6 Å². The summed E-state index contributed by atoms with van der Waals surface area (Å²) in [7, 11) is 3.81. The Morgan fingerprint density at radius 2 is 1.59 bits per heavy atom. The Morgan fingerprint density at radius 1 is 0.978 bits per heavy atom. The number of benzene rings is 2. The molecule has 0 aliphatic heterocycles. The molecule has 2 aromatic carbocycles. The van der Waals surface area contributed by atoms with Crippen LogP contribution in [0.2, 0.25) is 0 Å². The van der Waals surface area contributed by atoms with Crippen LogP contribution in [-0.2, 0) is 22.2 Å². The average Bonchev–Trinajstić information content (AvgIpc) is 2.90. The van der Waals surface area contributed by atoms with Crippen molar-refractivity contribution in [3.63, 3.8) is 0 Å². The summed E-state index contributed by atoms with van der Waals surface area (Å²) in [6, 6.07) is 4.10. The van der Waals surface area contributed by atoms with E-state index in [0.717, 1.165) is 16.7 Å². The van der Waals surface area contributed by atoms with Crippen molar-refractivity contribution < 1.29 is 32.3 Å². The predicted octanol–water partition coefficient (Wildman–Crippen LogP) is 6.93. The Kier molecular flexibility index (Phi) is 11.6. The molecular formula is C35H43F4N3O4. The van der Waals surface area contributed by atoms with Crippen LogP contribution in [0.1, 0.15) is 77.7 Å². The zero-order chi connectivity index (χ0) is 34.7. The van der Waals surface area contributed by atoms with E-state index < -0.39 is 59.1 Å². The maximum absolute atomic E-state index is 15.8. The molecule has 1 amide bonds. The van der Waals surface area contributed by atoms with E-state index in [-0.39, 0.29) is 17.9 Å². The van der Waals surface area contributed by atoms with Crippen LogP contribution in [0.15, 0.2) is 41.3 Å². The highest BCUT2D eigenvalue weighted by molar-refractivity contribution is 5.82. The number of carbonyl (C=O) groups is 2. The van der Waals surface area contributed by atoms with Crippen LogP contribution < -0.4 is 10.9 Å². The Morgan fingerprint density at radius 3 is 2.11 bits per heavy atom. The number of aliphatic carboxylic acids is 1. The molecule has 11 heteroatoms. The zero-order valence-corrected chi connectivity index (χ0v) is 27.6. The Hall–Kier alpha value is -3.99. The molecular weight excluding hydrogens is 602 g/mol. The number of aromatic nitrogens is 1. The van der Waals surface area contributed by atoms with Crippen LogP contribution in [0.4, 0.5) is 17.6 Å².